The topological polar surface area (TPSA) is 159 Å². The van der Waals surface area contributed by atoms with E-state index in [9.17, 15) is 24.0 Å². The summed E-state index contributed by atoms with van der Waals surface area (Å²) in [6, 6.07) is 14.3. The van der Waals surface area contributed by atoms with Crippen molar-refractivity contribution < 1.29 is 33.1 Å². The fraction of sp³-hybridized carbons (Fsp3) is 0.0833. The number of anilines is 2. The monoisotopic (exact) mass is 489 g/mol. The molecule has 1 aliphatic heterocycles. The van der Waals surface area contributed by atoms with E-state index >= 15 is 0 Å². The van der Waals surface area contributed by atoms with E-state index < -0.39 is 35.6 Å². The van der Waals surface area contributed by atoms with Crippen LogP contribution < -0.4 is 25.7 Å². The predicted octanol–water partition coefficient (Wildman–Crippen LogP) is 2.16. The molecule has 1 aliphatic rings. The van der Waals surface area contributed by atoms with Gasteiger partial charge < -0.3 is 14.5 Å². The Morgan fingerprint density at radius 2 is 1.83 bits per heavy atom. The summed E-state index contributed by atoms with van der Waals surface area (Å²) in [5.41, 5.74) is 3.06. The summed E-state index contributed by atoms with van der Waals surface area (Å²) in [5, 5.41) is 8.42. The van der Waals surface area contributed by atoms with Gasteiger partial charge in [0.15, 0.2) is 11.7 Å². The van der Waals surface area contributed by atoms with Crippen molar-refractivity contribution in [2.75, 3.05) is 17.3 Å². The predicted molar refractivity (Wildman–Crippen MR) is 127 cm³/mol. The second kappa shape index (κ2) is 10.3. The molecule has 12 nitrogen and oxygen atoms in total. The minimum atomic E-state index is -1.45. The van der Waals surface area contributed by atoms with Gasteiger partial charge in [0.25, 0.3) is 17.7 Å². The van der Waals surface area contributed by atoms with Crippen LogP contribution in [0.3, 0.4) is 0 Å². The van der Waals surface area contributed by atoms with Crippen molar-refractivity contribution in [3.05, 3.63) is 78.3 Å². The van der Waals surface area contributed by atoms with Gasteiger partial charge in [0.1, 0.15) is 5.75 Å². The van der Waals surface area contributed by atoms with Crippen LogP contribution in [0.2, 0.25) is 0 Å². The molecule has 0 saturated carbocycles. The molecule has 1 fully saturated rings. The quantitative estimate of drug-likeness (QED) is 0.260. The second-order valence-corrected chi connectivity index (χ2v) is 7.38. The van der Waals surface area contributed by atoms with Crippen molar-refractivity contribution in [1.82, 2.24) is 10.7 Å². The molecule has 12 heteroatoms. The number of hydrogen-bond acceptors (Lipinski definition) is 8. The molecule has 2 heterocycles. The molecule has 0 bridgehead atoms. The number of nitrogens with one attached hydrogen (secondary N) is 3. The van der Waals surface area contributed by atoms with Crippen molar-refractivity contribution in [2.24, 2.45) is 11.0 Å². The summed E-state index contributed by atoms with van der Waals surface area (Å²) in [5.74, 6) is -3.69. The fourth-order valence-corrected chi connectivity index (χ4v) is 3.26. The number of hydrazone groups is 1. The zero-order chi connectivity index (χ0) is 25.7. The van der Waals surface area contributed by atoms with E-state index in [-0.39, 0.29) is 17.0 Å². The summed E-state index contributed by atoms with van der Waals surface area (Å²) >= 11 is 0. The third kappa shape index (κ3) is 5.12. The van der Waals surface area contributed by atoms with E-state index in [1.807, 2.05) is 0 Å². The molecular formula is C24H19N5O7. The highest BCUT2D eigenvalue weighted by Crippen LogP contribution is 2.24. The van der Waals surface area contributed by atoms with Crippen LogP contribution in [0, 0.1) is 5.92 Å². The largest absolute Gasteiger partial charge is 0.497 e. The molecule has 1 saturated heterocycles. The first-order valence-corrected chi connectivity index (χ1v) is 10.5. The van der Waals surface area contributed by atoms with E-state index in [4.69, 9.17) is 9.15 Å². The van der Waals surface area contributed by atoms with E-state index in [1.165, 1.54) is 55.8 Å². The van der Waals surface area contributed by atoms with Gasteiger partial charge in [0.05, 0.1) is 19.1 Å². The Morgan fingerprint density at radius 3 is 2.53 bits per heavy atom. The van der Waals surface area contributed by atoms with Gasteiger partial charge in [-0.25, -0.2) is 15.1 Å². The van der Waals surface area contributed by atoms with Crippen molar-refractivity contribution in [3.63, 3.8) is 0 Å². The molecule has 6 amide bonds. The molecule has 0 aliphatic carbocycles. The number of amides is 6. The number of benzene rings is 2. The number of carbonyl (C=O) groups is 5. The lowest BCUT2D eigenvalue weighted by atomic mass is 10.1. The molecule has 0 spiro atoms. The number of methoxy groups -OCH3 is 1. The number of furan rings is 1. The van der Waals surface area contributed by atoms with Crippen LogP contribution in [0.4, 0.5) is 16.2 Å². The van der Waals surface area contributed by atoms with Gasteiger partial charge >= 0.3 is 6.03 Å². The lowest BCUT2D eigenvalue weighted by Gasteiger charge is -2.28. The summed E-state index contributed by atoms with van der Waals surface area (Å²) in [4.78, 5) is 62.5. The Balaban J connectivity index is 1.39. The molecular weight excluding hydrogens is 470 g/mol. The first-order chi connectivity index (χ1) is 17.4. The minimum Gasteiger partial charge on any atom is -0.497 e. The summed E-state index contributed by atoms with van der Waals surface area (Å²) < 4.78 is 10.1. The molecule has 1 atom stereocenters. The van der Waals surface area contributed by atoms with Gasteiger partial charge in [-0.3, -0.25) is 24.5 Å². The van der Waals surface area contributed by atoms with Gasteiger partial charge in [-0.15, -0.1) is 0 Å². The maximum Gasteiger partial charge on any atom is 0.335 e. The van der Waals surface area contributed by atoms with Crippen molar-refractivity contribution in [2.45, 2.75) is 0 Å². The van der Waals surface area contributed by atoms with Crippen LogP contribution in [0.15, 0.2) is 76.4 Å². The summed E-state index contributed by atoms with van der Waals surface area (Å²) in [6.07, 6.45) is 2.31. The molecule has 4 rings (SSSR count). The molecule has 2 aromatic carbocycles. The van der Waals surface area contributed by atoms with Crippen molar-refractivity contribution in [1.29, 1.82) is 0 Å². The highest BCUT2D eigenvalue weighted by atomic mass is 16.5. The van der Waals surface area contributed by atoms with E-state index in [2.05, 4.69) is 21.2 Å². The van der Waals surface area contributed by atoms with Gasteiger partial charge in [0.2, 0.25) is 5.91 Å². The number of nitrogens with zero attached hydrogens (tertiary/aromatic N) is 2. The molecule has 0 radical (unpaired) electrons. The van der Waals surface area contributed by atoms with Crippen molar-refractivity contribution >= 4 is 47.2 Å². The Morgan fingerprint density at radius 1 is 1.06 bits per heavy atom. The first kappa shape index (κ1) is 23.9. The van der Waals surface area contributed by atoms with Gasteiger partial charge in [-0.2, -0.15) is 5.10 Å². The first-order valence-electron chi connectivity index (χ1n) is 10.5. The maximum atomic E-state index is 12.9. The standard InChI is InChI=1S/C24H19N5O7/c1-35-17-5-2-4-16(12-17)29-23(33)18(21(31)27-24(29)34)13-25-28-20(30)14-7-9-15(10-8-14)26-22(32)19-6-3-11-36-19/h2-13,18H,1H3,(H,26,32)(H,28,30)(H,27,31,34). The van der Waals surface area contributed by atoms with Crippen LogP contribution >= 0.6 is 0 Å². The van der Waals surface area contributed by atoms with Crippen LogP contribution in [0.5, 0.6) is 5.75 Å². The van der Waals surface area contributed by atoms with Crippen LogP contribution in [0.1, 0.15) is 20.9 Å². The zero-order valence-corrected chi connectivity index (χ0v) is 18.8. The van der Waals surface area contributed by atoms with Crippen LogP contribution in [-0.2, 0) is 9.59 Å². The summed E-state index contributed by atoms with van der Waals surface area (Å²) in [7, 11) is 1.43. The average Bonchev–Trinajstić information content (AvgIpc) is 3.42. The number of barbiturate groups is 1. The Hall–Kier alpha value is -5.26. The molecule has 3 N–H and O–H groups in total. The van der Waals surface area contributed by atoms with Crippen LogP contribution in [-0.4, -0.2) is 43.0 Å². The second-order valence-electron chi connectivity index (χ2n) is 7.38. The van der Waals surface area contributed by atoms with Gasteiger partial charge in [-0.1, -0.05) is 6.07 Å². The molecule has 182 valence electrons. The summed E-state index contributed by atoms with van der Waals surface area (Å²) in [6.45, 7) is 0. The SMILES string of the molecule is COc1cccc(N2C(=O)NC(=O)C(C=NNC(=O)c3ccc(NC(=O)c4ccco4)cc3)C2=O)c1. The van der Waals surface area contributed by atoms with Gasteiger partial charge in [0, 0.05) is 23.5 Å². The number of urea groups is 1. The number of ether oxygens (including phenoxy) is 1. The molecule has 3 aromatic rings. The lowest BCUT2D eigenvalue weighted by molar-refractivity contribution is -0.131. The third-order valence-electron chi connectivity index (χ3n) is 5.05. The Kier molecular flexibility index (Phi) is 6.86. The normalized spacial score (nSPS) is 15.5. The van der Waals surface area contributed by atoms with E-state index in [1.54, 1.807) is 18.2 Å². The maximum absolute atomic E-state index is 12.9. The van der Waals surface area contributed by atoms with E-state index in [0.29, 0.717) is 11.4 Å². The number of carbonyl (C=O) groups excluding carboxylic acids is 5. The highest BCUT2D eigenvalue weighted by Gasteiger charge is 2.40. The Labute approximate surface area is 203 Å². The molecule has 1 unspecified atom stereocenters. The average molecular weight is 489 g/mol. The highest BCUT2D eigenvalue weighted by molar-refractivity contribution is 6.32. The number of imide groups is 2. The number of hydrogen-bond donors (Lipinski definition) is 3. The van der Waals surface area contributed by atoms with Gasteiger partial charge in [-0.05, 0) is 48.5 Å². The third-order valence-corrected chi connectivity index (χ3v) is 5.05. The van der Waals surface area contributed by atoms with Crippen molar-refractivity contribution in [3.8, 4) is 5.75 Å². The van der Waals surface area contributed by atoms with E-state index in [0.717, 1.165) is 11.1 Å². The smallest absolute Gasteiger partial charge is 0.335 e. The lowest BCUT2D eigenvalue weighted by Crippen LogP contribution is -2.58. The number of rotatable bonds is 7. The minimum absolute atomic E-state index is 0.138. The molecule has 36 heavy (non-hydrogen) atoms. The fourth-order valence-electron chi connectivity index (χ4n) is 3.26. The Bertz CT molecular complexity index is 1350. The van der Waals surface area contributed by atoms with Crippen LogP contribution in [0.25, 0.3) is 0 Å². The molecule has 1 aromatic heterocycles. The zero-order valence-electron chi connectivity index (χ0n) is 18.8.